The number of carbonyl (C=O) groups excluding carboxylic acids is 1. The van der Waals surface area contributed by atoms with Crippen molar-refractivity contribution < 1.29 is 14.1 Å². The molecule has 6 heteroatoms. The van der Waals surface area contributed by atoms with Crippen molar-refractivity contribution in [3.8, 4) is 0 Å². The Balaban J connectivity index is 2.18. The van der Waals surface area contributed by atoms with Gasteiger partial charge < -0.3 is 5.32 Å². The van der Waals surface area contributed by atoms with Crippen LogP contribution >= 0.6 is 0 Å². The van der Waals surface area contributed by atoms with Gasteiger partial charge in [-0.1, -0.05) is 6.07 Å². The highest BCUT2D eigenvalue weighted by atomic mass is 19.1. The van der Waals surface area contributed by atoms with Crippen LogP contribution in [0.2, 0.25) is 0 Å². The predicted molar refractivity (Wildman–Crippen MR) is 67.4 cm³/mol. The molecular weight excluding hydrogens is 251 g/mol. The normalized spacial score (nSPS) is 9.95. The van der Waals surface area contributed by atoms with Crippen LogP contribution in [0.4, 0.5) is 15.8 Å². The van der Waals surface area contributed by atoms with Gasteiger partial charge in [0.1, 0.15) is 5.82 Å². The molecule has 0 fully saturated rings. The quantitative estimate of drug-likeness (QED) is 0.681. The second-order valence-electron chi connectivity index (χ2n) is 3.77. The van der Waals surface area contributed by atoms with E-state index in [2.05, 4.69) is 5.32 Å². The maximum absolute atomic E-state index is 12.7. The van der Waals surface area contributed by atoms with E-state index in [4.69, 9.17) is 0 Å². The van der Waals surface area contributed by atoms with Gasteiger partial charge >= 0.3 is 0 Å². The fourth-order valence-corrected chi connectivity index (χ4v) is 1.50. The van der Waals surface area contributed by atoms with Crippen LogP contribution in [0.1, 0.15) is 10.4 Å². The molecule has 0 aliphatic rings. The Morgan fingerprint density at radius 1 is 1.16 bits per heavy atom. The predicted octanol–water partition coefficient (Wildman–Crippen LogP) is 2.99. The number of nitrogens with zero attached hydrogens (tertiary/aromatic N) is 1. The summed E-state index contributed by atoms with van der Waals surface area (Å²) >= 11 is 0. The zero-order valence-electron chi connectivity index (χ0n) is 9.67. The summed E-state index contributed by atoms with van der Waals surface area (Å²) in [5, 5.41) is 13.1. The van der Waals surface area contributed by atoms with Gasteiger partial charge in [0.2, 0.25) is 0 Å². The van der Waals surface area contributed by atoms with E-state index in [0.29, 0.717) is 5.69 Å². The lowest BCUT2D eigenvalue weighted by atomic mass is 10.2. The van der Waals surface area contributed by atoms with Crippen molar-refractivity contribution in [3.05, 3.63) is 70.0 Å². The molecule has 0 aliphatic heterocycles. The summed E-state index contributed by atoms with van der Waals surface area (Å²) in [6.45, 7) is 0. The summed E-state index contributed by atoms with van der Waals surface area (Å²) in [4.78, 5) is 21.9. The lowest BCUT2D eigenvalue weighted by Crippen LogP contribution is -2.12. The molecule has 0 saturated carbocycles. The van der Waals surface area contributed by atoms with E-state index in [1.54, 1.807) is 0 Å². The number of carbonyl (C=O) groups is 1. The Morgan fingerprint density at radius 2 is 1.84 bits per heavy atom. The topological polar surface area (TPSA) is 72.2 Å². The number of non-ortho nitro benzene ring substituents is 1. The van der Waals surface area contributed by atoms with Crippen LogP contribution < -0.4 is 5.32 Å². The Labute approximate surface area is 107 Å². The van der Waals surface area contributed by atoms with Gasteiger partial charge in [0.05, 0.1) is 4.92 Å². The number of nitro groups is 1. The summed E-state index contributed by atoms with van der Waals surface area (Å²) in [6.07, 6.45) is 0. The number of rotatable bonds is 3. The first-order valence-electron chi connectivity index (χ1n) is 5.37. The third-order valence-electron chi connectivity index (χ3n) is 2.42. The molecule has 0 aromatic heterocycles. The Bertz CT molecular complexity index is 626. The third-order valence-corrected chi connectivity index (χ3v) is 2.42. The fraction of sp³-hybridized carbons (Fsp3) is 0. The van der Waals surface area contributed by atoms with Gasteiger partial charge in [-0.25, -0.2) is 4.39 Å². The molecule has 2 aromatic carbocycles. The van der Waals surface area contributed by atoms with Crippen LogP contribution in [0.25, 0.3) is 0 Å². The number of benzene rings is 2. The Morgan fingerprint density at radius 3 is 2.47 bits per heavy atom. The number of nitro benzene ring substituents is 1. The molecule has 0 spiro atoms. The number of amides is 1. The summed E-state index contributed by atoms with van der Waals surface area (Å²) in [6, 6.07) is 10.6. The lowest BCUT2D eigenvalue weighted by Gasteiger charge is -2.04. The zero-order valence-corrected chi connectivity index (χ0v) is 9.67. The molecule has 0 unspecified atom stereocenters. The molecule has 5 nitrogen and oxygen atoms in total. The van der Waals surface area contributed by atoms with Gasteiger partial charge in [0.25, 0.3) is 11.6 Å². The lowest BCUT2D eigenvalue weighted by molar-refractivity contribution is -0.384. The Hall–Kier alpha value is -2.76. The Kier molecular flexibility index (Phi) is 3.51. The van der Waals surface area contributed by atoms with Crippen LogP contribution in [-0.2, 0) is 0 Å². The van der Waals surface area contributed by atoms with Crippen LogP contribution in [0, 0.1) is 15.9 Å². The first-order valence-corrected chi connectivity index (χ1v) is 5.37. The van der Waals surface area contributed by atoms with Gasteiger partial charge in [-0.3, -0.25) is 14.9 Å². The minimum absolute atomic E-state index is 0.160. The molecule has 0 aliphatic carbocycles. The SMILES string of the molecule is O=C(Nc1ccc(F)cc1)c1cccc([N+](=O)[O-])c1. The molecule has 96 valence electrons. The number of hydrogen-bond donors (Lipinski definition) is 1. The standard InChI is InChI=1S/C13H9FN2O3/c14-10-4-6-11(7-5-10)15-13(17)9-2-1-3-12(8-9)16(18)19/h1-8H,(H,15,17). The van der Waals surface area contributed by atoms with Gasteiger partial charge in [-0.05, 0) is 30.3 Å². The van der Waals surface area contributed by atoms with Gasteiger partial charge in [0, 0.05) is 23.4 Å². The molecular formula is C13H9FN2O3. The second kappa shape index (κ2) is 5.26. The number of halogens is 1. The molecule has 0 radical (unpaired) electrons. The minimum atomic E-state index is -0.575. The highest BCUT2D eigenvalue weighted by Gasteiger charge is 2.11. The maximum Gasteiger partial charge on any atom is 0.270 e. The third kappa shape index (κ3) is 3.12. The molecule has 0 bridgehead atoms. The van der Waals surface area contributed by atoms with Gasteiger partial charge in [-0.2, -0.15) is 0 Å². The summed E-state index contributed by atoms with van der Waals surface area (Å²) in [7, 11) is 0. The van der Waals surface area contributed by atoms with Crippen LogP contribution in [-0.4, -0.2) is 10.8 Å². The van der Waals surface area contributed by atoms with Crippen molar-refractivity contribution in [2.24, 2.45) is 0 Å². The first-order chi connectivity index (χ1) is 9.06. The highest BCUT2D eigenvalue weighted by Crippen LogP contribution is 2.15. The van der Waals surface area contributed by atoms with Crippen LogP contribution in [0.3, 0.4) is 0 Å². The number of hydrogen-bond acceptors (Lipinski definition) is 3. The number of nitrogens with one attached hydrogen (secondary N) is 1. The second-order valence-corrected chi connectivity index (χ2v) is 3.77. The molecule has 0 saturated heterocycles. The molecule has 1 amide bonds. The number of anilines is 1. The largest absolute Gasteiger partial charge is 0.322 e. The molecule has 2 aromatic rings. The summed E-state index contributed by atoms with van der Waals surface area (Å²) in [5.74, 6) is -0.899. The van der Waals surface area contributed by atoms with E-state index in [1.165, 1.54) is 48.5 Å². The minimum Gasteiger partial charge on any atom is -0.322 e. The maximum atomic E-state index is 12.7. The molecule has 2 rings (SSSR count). The highest BCUT2D eigenvalue weighted by molar-refractivity contribution is 6.04. The van der Waals surface area contributed by atoms with Gasteiger partial charge in [0.15, 0.2) is 0 Å². The van der Waals surface area contributed by atoms with E-state index >= 15 is 0 Å². The molecule has 0 heterocycles. The van der Waals surface area contributed by atoms with Crippen molar-refractivity contribution in [2.75, 3.05) is 5.32 Å². The molecule has 1 N–H and O–H groups in total. The molecule has 0 atom stereocenters. The monoisotopic (exact) mass is 260 g/mol. The van der Waals surface area contributed by atoms with Crippen LogP contribution in [0.15, 0.2) is 48.5 Å². The summed E-state index contributed by atoms with van der Waals surface area (Å²) in [5.41, 5.74) is 0.420. The van der Waals surface area contributed by atoms with Crippen molar-refractivity contribution in [2.45, 2.75) is 0 Å². The smallest absolute Gasteiger partial charge is 0.270 e. The van der Waals surface area contributed by atoms with E-state index in [1.807, 2.05) is 0 Å². The van der Waals surface area contributed by atoms with Crippen molar-refractivity contribution in [1.82, 2.24) is 0 Å². The van der Waals surface area contributed by atoms with E-state index < -0.39 is 16.6 Å². The van der Waals surface area contributed by atoms with E-state index in [0.717, 1.165) is 0 Å². The van der Waals surface area contributed by atoms with Crippen molar-refractivity contribution in [1.29, 1.82) is 0 Å². The molecule has 19 heavy (non-hydrogen) atoms. The van der Waals surface area contributed by atoms with Gasteiger partial charge in [-0.15, -0.1) is 0 Å². The summed E-state index contributed by atoms with van der Waals surface area (Å²) < 4.78 is 12.7. The van der Waals surface area contributed by atoms with Crippen LogP contribution in [0.5, 0.6) is 0 Å². The van der Waals surface area contributed by atoms with Crippen molar-refractivity contribution >= 4 is 17.3 Å². The van der Waals surface area contributed by atoms with Crippen molar-refractivity contribution in [3.63, 3.8) is 0 Å². The van der Waals surface area contributed by atoms with E-state index in [9.17, 15) is 19.3 Å². The average Bonchev–Trinajstić information content (AvgIpc) is 2.41. The first kappa shape index (κ1) is 12.7. The zero-order chi connectivity index (χ0) is 13.8. The average molecular weight is 260 g/mol. The fourth-order valence-electron chi connectivity index (χ4n) is 1.50. The van der Waals surface area contributed by atoms with E-state index in [-0.39, 0.29) is 11.3 Å².